The van der Waals surface area contributed by atoms with E-state index in [1.807, 2.05) is 6.20 Å². The normalized spacial score (nSPS) is 21.9. The van der Waals surface area contributed by atoms with Crippen LogP contribution in [-0.2, 0) is 0 Å². The van der Waals surface area contributed by atoms with Crippen LogP contribution in [-0.4, -0.2) is 22.1 Å². The summed E-state index contributed by atoms with van der Waals surface area (Å²) in [5.74, 6) is 1.12. The Labute approximate surface area is 130 Å². The van der Waals surface area contributed by atoms with Crippen LogP contribution >= 0.6 is 15.9 Å². The molecule has 1 aromatic rings. The number of hydrogen-bond donors (Lipinski definition) is 0. The first-order chi connectivity index (χ1) is 9.86. The van der Waals surface area contributed by atoms with Crippen molar-refractivity contribution < 1.29 is 0 Å². The van der Waals surface area contributed by atoms with Gasteiger partial charge in [0.1, 0.15) is 12.1 Å². The van der Waals surface area contributed by atoms with Crippen LogP contribution in [0.5, 0.6) is 0 Å². The van der Waals surface area contributed by atoms with Crippen LogP contribution in [0, 0.1) is 0 Å². The van der Waals surface area contributed by atoms with Gasteiger partial charge in [0, 0.05) is 18.3 Å². The van der Waals surface area contributed by atoms with Crippen molar-refractivity contribution in [3.05, 3.63) is 17.0 Å². The molecule has 0 bridgehead atoms. The molecule has 0 saturated heterocycles. The number of anilines is 1. The van der Waals surface area contributed by atoms with Crippen molar-refractivity contribution in [1.82, 2.24) is 9.97 Å². The highest BCUT2D eigenvalue weighted by atomic mass is 79.9. The standard InChI is InChI=1S/C16H24BrN3/c17-15-11-18-12-19-16(15)20(13-7-3-1-4-8-13)14-9-5-2-6-10-14/h11-14H,1-10H2. The lowest BCUT2D eigenvalue weighted by molar-refractivity contribution is 0.337. The van der Waals surface area contributed by atoms with Gasteiger partial charge in [0.25, 0.3) is 0 Å². The van der Waals surface area contributed by atoms with E-state index < -0.39 is 0 Å². The molecule has 4 heteroatoms. The van der Waals surface area contributed by atoms with Gasteiger partial charge in [-0.3, -0.25) is 0 Å². The zero-order valence-electron chi connectivity index (χ0n) is 12.1. The molecule has 1 heterocycles. The number of aromatic nitrogens is 2. The van der Waals surface area contributed by atoms with Crippen molar-refractivity contribution in [2.75, 3.05) is 4.90 Å². The average Bonchev–Trinajstić information content (AvgIpc) is 2.52. The fourth-order valence-corrected chi connectivity index (χ4v) is 4.28. The second-order valence-electron chi connectivity index (χ2n) is 6.19. The summed E-state index contributed by atoms with van der Waals surface area (Å²) >= 11 is 3.66. The molecule has 0 amide bonds. The van der Waals surface area contributed by atoms with Crippen LogP contribution in [0.3, 0.4) is 0 Å². The Bertz CT molecular complexity index is 407. The molecule has 0 unspecified atom stereocenters. The van der Waals surface area contributed by atoms with Crippen molar-refractivity contribution >= 4 is 21.7 Å². The van der Waals surface area contributed by atoms with Crippen molar-refractivity contribution in [3.8, 4) is 0 Å². The van der Waals surface area contributed by atoms with E-state index in [9.17, 15) is 0 Å². The van der Waals surface area contributed by atoms with E-state index in [0.29, 0.717) is 12.1 Å². The lowest BCUT2D eigenvalue weighted by Gasteiger charge is -2.42. The Hall–Kier alpha value is -0.640. The summed E-state index contributed by atoms with van der Waals surface area (Å²) in [5.41, 5.74) is 0. The monoisotopic (exact) mass is 337 g/mol. The van der Waals surface area contributed by atoms with Crippen molar-refractivity contribution in [3.63, 3.8) is 0 Å². The van der Waals surface area contributed by atoms with Crippen LogP contribution in [0.2, 0.25) is 0 Å². The van der Waals surface area contributed by atoms with Crippen LogP contribution in [0.25, 0.3) is 0 Å². The molecule has 2 aliphatic rings. The fourth-order valence-electron chi connectivity index (χ4n) is 3.86. The van der Waals surface area contributed by atoms with Crippen LogP contribution in [0.1, 0.15) is 64.2 Å². The SMILES string of the molecule is Brc1cncnc1N(C1CCCCC1)C1CCCCC1. The first-order valence-electron chi connectivity index (χ1n) is 8.10. The zero-order chi connectivity index (χ0) is 13.8. The molecule has 3 nitrogen and oxygen atoms in total. The molecule has 1 aromatic heterocycles. The van der Waals surface area contributed by atoms with Crippen LogP contribution in [0.4, 0.5) is 5.82 Å². The highest BCUT2D eigenvalue weighted by Crippen LogP contribution is 2.35. The van der Waals surface area contributed by atoms with Gasteiger partial charge in [0.15, 0.2) is 0 Å². The van der Waals surface area contributed by atoms with Crippen molar-refractivity contribution in [2.24, 2.45) is 0 Å². The summed E-state index contributed by atoms with van der Waals surface area (Å²) in [4.78, 5) is 11.4. The topological polar surface area (TPSA) is 29.0 Å². The molecule has 0 spiro atoms. The van der Waals surface area contributed by atoms with E-state index in [1.165, 1.54) is 64.2 Å². The van der Waals surface area contributed by atoms with Crippen LogP contribution < -0.4 is 4.90 Å². The maximum atomic E-state index is 4.60. The number of hydrogen-bond acceptors (Lipinski definition) is 3. The zero-order valence-corrected chi connectivity index (χ0v) is 13.7. The number of halogens is 1. The quantitative estimate of drug-likeness (QED) is 0.799. The molecule has 0 aromatic carbocycles. The van der Waals surface area contributed by atoms with Gasteiger partial charge in [-0.05, 0) is 41.6 Å². The number of rotatable bonds is 3. The van der Waals surface area contributed by atoms with Gasteiger partial charge in [0.2, 0.25) is 0 Å². The minimum Gasteiger partial charge on any atom is -0.350 e. The molecule has 20 heavy (non-hydrogen) atoms. The summed E-state index contributed by atoms with van der Waals surface area (Å²) in [5, 5.41) is 0. The van der Waals surface area contributed by atoms with Gasteiger partial charge >= 0.3 is 0 Å². The molecule has 0 radical (unpaired) electrons. The third-order valence-electron chi connectivity index (χ3n) is 4.83. The van der Waals surface area contributed by atoms with Crippen LogP contribution in [0.15, 0.2) is 17.0 Å². The molecular weight excluding hydrogens is 314 g/mol. The minimum atomic E-state index is 0.679. The number of nitrogens with zero attached hydrogens (tertiary/aromatic N) is 3. The predicted octanol–water partition coefficient (Wildman–Crippen LogP) is 4.71. The van der Waals surface area contributed by atoms with Gasteiger partial charge < -0.3 is 4.90 Å². The van der Waals surface area contributed by atoms with Gasteiger partial charge in [-0.2, -0.15) is 0 Å². The van der Waals surface area contributed by atoms with Crippen molar-refractivity contribution in [2.45, 2.75) is 76.3 Å². The van der Waals surface area contributed by atoms with E-state index in [0.717, 1.165) is 10.3 Å². The fraction of sp³-hybridized carbons (Fsp3) is 0.750. The van der Waals surface area contributed by atoms with Gasteiger partial charge in [-0.15, -0.1) is 0 Å². The Morgan fingerprint density at radius 3 is 1.95 bits per heavy atom. The summed E-state index contributed by atoms with van der Waals surface area (Å²) in [7, 11) is 0. The highest BCUT2D eigenvalue weighted by Gasteiger charge is 2.30. The largest absolute Gasteiger partial charge is 0.350 e. The van der Waals surface area contributed by atoms with Gasteiger partial charge in [-0.1, -0.05) is 38.5 Å². The third kappa shape index (κ3) is 3.16. The predicted molar refractivity (Wildman–Crippen MR) is 86.0 cm³/mol. The molecular formula is C16H24BrN3. The minimum absolute atomic E-state index is 0.679. The first kappa shape index (κ1) is 14.3. The first-order valence-corrected chi connectivity index (χ1v) is 8.89. The van der Waals surface area contributed by atoms with Gasteiger partial charge in [-0.25, -0.2) is 9.97 Å². The second kappa shape index (κ2) is 6.88. The molecule has 0 aliphatic heterocycles. The summed E-state index contributed by atoms with van der Waals surface area (Å²) < 4.78 is 1.05. The van der Waals surface area contributed by atoms with E-state index >= 15 is 0 Å². The molecule has 0 atom stereocenters. The third-order valence-corrected chi connectivity index (χ3v) is 5.39. The molecule has 2 fully saturated rings. The molecule has 2 aliphatic carbocycles. The van der Waals surface area contributed by atoms with Gasteiger partial charge in [0.05, 0.1) is 4.47 Å². The van der Waals surface area contributed by atoms with E-state index in [-0.39, 0.29) is 0 Å². The molecule has 110 valence electrons. The Kier molecular flexibility index (Phi) is 4.92. The molecule has 0 N–H and O–H groups in total. The smallest absolute Gasteiger partial charge is 0.146 e. The van der Waals surface area contributed by atoms with E-state index in [2.05, 4.69) is 30.8 Å². The van der Waals surface area contributed by atoms with E-state index in [4.69, 9.17) is 0 Å². The lowest BCUT2D eigenvalue weighted by Crippen LogP contribution is -2.46. The Morgan fingerprint density at radius 1 is 0.900 bits per heavy atom. The molecule has 3 rings (SSSR count). The maximum Gasteiger partial charge on any atom is 0.146 e. The lowest BCUT2D eigenvalue weighted by atomic mass is 9.88. The highest BCUT2D eigenvalue weighted by molar-refractivity contribution is 9.10. The summed E-state index contributed by atoms with van der Waals surface area (Å²) in [6.45, 7) is 0. The maximum absolute atomic E-state index is 4.60. The summed E-state index contributed by atoms with van der Waals surface area (Å²) in [6.07, 6.45) is 17.2. The van der Waals surface area contributed by atoms with E-state index in [1.54, 1.807) is 6.33 Å². The van der Waals surface area contributed by atoms with Crippen molar-refractivity contribution in [1.29, 1.82) is 0 Å². The average molecular weight is 338 g/mol. The Morgan fingerprint density at radius 2 is 1.45 bits per heavy atom. The second-order valence-corrected chi connectivity index (χ2v) is 7.04. The Balaban J connectivity index is 1.87. The summed E-state index contributed by atoms with van der Waals surface area (Å²) in [6, 6.07) is 1.36. The molecule has 2 saturated carbocycles.